The molecule has 1 aliphatic heterocycles. The zero-order valence-electron chi connectivity index (χ0n) is 16.4. The number of ether oxygens (including phenoxy) is 2. The number of nitrogens with one attached hydrogen (secondary N) is 1. The summed E-state index contributed by atoms with van der Waals surface area (Å²) in [6.45, 7) is 0.849. The van der Waals surface area contributed by atoms with Crippen molar-refractivity contribution in [1.82, 2.24) is 4.31 Å². The molecule has 2 aromatic rings. The number of hydrogen-bond donors (Lipinski definition) is 2. The van der Waals surface area contributed by atoms with Gasteiger partial charge in [0.15, 0.2) is 0 Å². The summed E-state index contributed by atoms with van der Waals surface area (Å²) in [6, 6.07) is 6.57. The first-order valence-corrected chi connectivity index (χ1v) is 11.2. The lowest BCUT2D eigenvalue weighted by Gasteiger charge is -2.26. The number of nitrogens with two attached hydrogens (primary N) is 1. The average molecular weight is 488 g/mol. The average Bonchev–Trinajstić information content (AvgIpc) is 2.74. The zero-order valence-corrected chi connectivity index (χ0v) is 18.7. The summed E-state index contributed by atoms with van der Waals surface area (Å²) in [5, 5.41) is 2.41. The Labute approximate surface area is 189 Å². The van der Waals surface area contributed by atoms with E-state index in [4.69, 9.17) is 38.4 Å². The monoisotopic (exact) mass is 487 g/mol. The number of sulfonamides is 1. The Morgan fingerprint density at radius 2 is 1.81 bits per heavy atom. The van der Waals surface area contributed by atoms with E-state index >= 15 is 0 Å². The van der Waals surface area contributed by atoms with Crippen molar-refractivity contribution in [2.45, 2.75) is 4.90 Å². The molecule has 1 saturated heterocycles. The highest BCUT2D eigenvalue weighted by molar-refractivity contribution is 7.89. The van der Waals surface area contributed by atoms with Gasteiger partial charge < -0.3 is 20.5 Å². The number of carbonyl (C=O) groups excluding carboxylic acids is 2. The number of anilines is 1. The van der Waals surface area contributed by atoms with Crippen LogP contribution in [0.2, 0.25) is 10.0 Å². The maximum absolute atomic E-state index is 13.0. The van der Waals surface area contributed by atoms with Crippen LogP contribution in [0.1, 0.15) is 20.7 Å². The molecule has 0 unspecified atom stereocenters. The summed E-state index contributed by atoms with van der Waals surface area (Å²) in [6.07, 6.45) is 0. The van der Waals surface area contributed by atoms with E-state index in [2.05, 4.69) is 5.32 Å². The molecule has 31 heavy (non-hydrogen) atoms. The van der Waals surface area contributed by atoms with Crippen LogP contribution in [0.15, 0.2) is 35.2 Å². The summed E-state index contributed by atoms with van der Waals surface area (Å²) in [4.78, 5) is 24.1. The van der Waals surface area contributed by atoms with Crippen LogP contribution in [0.3, 0.4) is 0 Å². The van der Waals surface area contributed by atoms with Crippen LogP contribution in [0.4, 0.5) is 5.69 Å². The van der Waals surface area contributed by atoms with Gasteiger partial charge in [-0.3, -0.25) is 9.59 Å². The number of amides is 2. The Bertz CT molecular complexity index is 1130. The molecule has 0 atom stereocenters. The van der Waals surface area contributed by atoms with E-state index < -0.39 is 21.8 Å². The Morgan fingerprint density at radius 3 is 2.42 bits per heavy atom. The van der Waals surface area contributed by atoms with Crippen LogP contribution in [-0.2, 0) is 14.8 Å². The zero-order chi connectivity index (χ0) is 22.8. The number of morpholine rings is 1. The van der Waals surface area contributed by atoms with Crippen molar-refractivity contribution in [3.63, 3.8) is 0 Å². The number of halogens is 2. The minimum atomic E-state index is -3.97. The Hall–Kier alpha value is -2.37. The number of carbonyl (C=O) groups is 2. The molecule has 0 aliphatic carbocycles. The van der Waals surface area contributed by atoms with E-state index in [0.29, 0.717) is 0 Å². The molecule has 1 aliphatic rings. The van der Waals surface area contributed by atoms with Crippen molar-refractivity contribution in [1.29, 1.82) is 0 Å². The van der Waals surface area contributed by atoms with Crippen molar-refractivity contribution in [3.05, 3.63) is 51.5 Å². The van der Waals surface area contributed by atoms with E-state index in [1.54, 1.807) is 0 Å². The van der Waals surface area contributed by atoms with Crippen molar-refractivity contribution in [3.8, 4) is 5.75 Å². The normalized spacial score (nSPS) is 14.8. The summed E-state index contributed by atoms with van der Waals surface area (Å²) in [5.41, 5.74) is 5.47. The lowest BCUT2D eigenvalue weighted by Crippen LogP contribution is -2.40. The van der Waals surface area contributed by atoms with Gasteiger partial charge in [-0.2, -0.15) is 4.31 Å². The fourth-order valence-corrected chi connectivity index (χ4v) is 5.22. The standard InChI is InChI=1S/C19H19Cl2N3O6S/c1-29-16-3-2-11(18(22)25)8-15(16)23-19(26)12-9-17(14(21)10-13(12)20)31(27,28)24-4-6-30-7-5-24/h2-3,8-10H,4-7H2,1H3,(H2,22,25)(H,23,26). The quantitative estimate of drug-likeness (QED) is 0.643. The minimum Gasteiger partial charge on any atom is -0.495 e. The van der Waals surface area contributed by atoms with E-state index in [-0.39, 0.29) is 63.8 Å². The van der Waals surface area contributed by atoms with Crippen molar-refractivity contribution in [2.75, 3.05) is 38.7 Å². The van der Waals surface area contributed by atoms with Crippen molar-refractivity contribution < 1.29 is 27.5 Å². The summed E-state index contributed by atoms with van der Waals surface area (Å²) in [7, 11) is -2.59. The molecule has 3 N–H and O–H groups in total. The highest BCUT2D eigenvalue weighted by Gasteiger charge is 2.30. The topological polar surface area (TPSA) is 128 Å². The summed E-state index contributed by atoms with van der Waals surface area (Å²) in [5.74, 6) is -1.15. The fraction of sp³-hybridized carbons (Fsp3) is 0.263. The number of hydrogen-bond acceptors (Lipinski definition) is 6. The number of rotatable bonds is 6. The third kappa shape index (κ3) is 4.94. The van der Waals surface area contributed by atoms with Gasteiger partial charge >= 0.3 is 0 Å². The molecule has 0 saturated carbocycles. The second-order valence-corrected chi connectivity index (χ2v) is 9.23. The SMILES string of the molecule is COc1ccc(C(N)=O)cc1NC(=O)c1cc(S(=O)(=O)N2CCOCC2)c(Cl)cc1Cl. The lowest BCUT2D eigenvalue weighted by atomic mass is 10.1. The van der Waals surface area contributed by atoms with Crippen LogP contribution >= 0.6 is 23.2 Å². The maximum atomic E-state index is 13.0. The molecule has 12 heteroatoms. The largest absolute Gasteiger partial charge is 0.495 e. The van der Waals surface area contributed by atoms with Gasteiger partial charge in [0.25, 0.3) is 5.91 Å². The summed E-state index contributed by atoms with van der Waals surface area (Å²) < 4.78 is 37.6. The molecular formula is C19H19Cl2N3O6S. The fourth-order valence-electron chi connectivity index (χ4n) is 2.98. The van der Waals surface area contributed by atoms with Gasteiger partial charge in [-0.15, -0.1) is 0 Å². The van der Waals surface area contributed by atoms with Crippen molar-refractivity contribution >= 4 is 50.7 Å². The first-order chi connectivity index (χ1) is 14.6. The van der Waals surface area contributed by atoms with Crippen LogP contribution < -0.4 is 15.8 Å². The van der Waals surface area contributed by atoms with Gasteiger partial charge in [0.05, 0.1) is 41.6 Å². The second kappa shape index (κ2) is 9.41. The lowest BCUT2D eigenvalue weighted by molar-refractivity contribution is 0.0730. The molecule has 1 heterocycles. The van der Waals surface area contributed by atoms with Gasteiger partial charge in [0, 0.05) is 18.7 Å². The number of methoxy groups -OCH3 is 1. The predicted octanol–water partition coefficient (Wildman–Crippen LogP) is 2.37. The Morgan fingerprint density at radius 1 is 1.13 bits per heavy atom. The molecule has 0 spiro atoms. The molecule has 2 amide bonds. The highest BCUT2D eigenvalue weighted by atomic mass is 35.5. The van der Waals surface area contributed by atoms with E-state index in [9.17, 15) is 18.0 Å². The highest BCUT2D eigenvalue weighted by Crippen LogP contribution is 2.32. The third-order valence-electron chi connectivity index (χ3n) is 4.59. The van der Waals surface area contributed by atoms with E-state index in [1.807, 2.05) is 0 Å². The molecule has 1 fully saturated rings. The number of primary amides is 1. The Kier molecular flexibility index (Phi) is 7.07. The molecule has 166 valence electrons. The minimum absolute atomic E-state index is 0.0477. The number of benzene rings is 2. The van der Waals surface area contributed by atoms with Crippen LogP contribution in [0.5, 0.6) is 5.75 Å². The van der Waals surface area contributed by atoms with Crippen molar-refractivity contribution in [2.24, 2.45) is 5.73 Å². The first kappa shape index (κ1) is 23.3. The van der Waals surface area contributed by atoms with Gasteiger partial charge in [-0.05, 0) is 30.3 Å². The maximum Gasteiger partial charge on any atom is 0.257 e. The van der Waals surface area contributed by atoms with Gasteiger partial charge in [0.2, 0.25) is 15.9 Å². The predicted molar refractivity (Wildman–Crippen MR) is 116 cm³/mol. The molecule has 0 radical (unpaired) electrons. The van der Waals surface area contributed by atoms with E-state index in [1.165, 1.54) is 35.7 Å². The smallest absolute Gasteiger partial charge is 0.257 e. The molecule has 3 rings (SSSR count). The van der Waals surface area contributed by atoms with Gasteiger partial charge in [-0.25, -0.2) is 8.42 Å². The van der Waals surface area contributed by atoms with E-state index in [0.717, 1.165) is 6.07 Å². The molecule has 9 nitrogen and oxygen atoms in total. The first-order valence-electron chi connectivity index (χ1n) is 9.01. The molecule has 0 bridgehead atoms. The van der Waals surface area contributed by atoms with Crippen LogP contribution in [-0.4, -0.2) is 58.0 Å². The van der Waals surface area contributed by atoms with Gasteiger partial charge in [0.1, 0.15) is 10.6 Å². The molecule has 2 aromatic carbocycles. The molecule has 0 aromatic heterocycles. The summed E-state index contributed by atoms with van der Waals surface area (Å²) >= 11 is 12.3. The Balaban J connectivity index is 1.98. The number of nitrogens with zero attached hydrogens (tertiary/aromatic N) is 1. The van der Waals surface area contributed by atoms with Crippen LogP contribution in [0, 0.1) is 0 Å². The van der Waals surface area contributed by atoms with Gasteiger partial charge in [-0.1, -0.05) is 23.2 Å². The second-order valence-electron chi connectivity index (χ2n) is 6.51. The third-order valence-corrected chi connectivity index (χ3v) is 7.26. The molecular weight excluding hydrogens is 469 g/mol. The van der Waals surface area contributed by atoms with Crippen LogP contribution in [0.25, 0.3) is 0 Å².